The van der Waals surface area contributed by atoms with Crippen molar-refractivity contribution in [2.75, 3.05) is 27.1 Å². The number of nitrogens with zero attached hydrogens (tertiary/aromatic N) is 1. The van der Waals surface area contributed by atoms with Gasteiger partial charge in [-0.1, -0.05) is 11.6 Å². The first-order valence-corrected chi connectivity index (χ1v) is 13.8. The van der Waals surface area contributed by atoms with Gasteiger partial charge >= 0.3 is 0 Å². The molecule has 2 N–H and O–H groups in total. The van der Waals surface area contributed by atoms with E-state index in [-0.39, 0.29) is 34.3 Å². The third-order valence-corrected chi connectivity index (χ3v) is 7.79. The number of amides is 1. The highest BCUT2D eigenvalue weighted by Crippen LogP contribution is 2.37. The number of halogens is 2. The maximum Gasteiger partial charge on any atom is 0.267 e. The lowest BCUT2D eigenvalue weighted by molar-refractivity contribution is -0.122. The monoisotopic (exact) mass is 539 g/mol. The van der Waals surface area contributed by atoms with E-state index in [0.717, 1.165) is 22.7 Å². The van der Waals surface area contributed by atoms with Gasteiger partial charge in [-0.25, -0.2) is 21.2 Å². The van der Waals surface area contributed by atoms with Crippen LogP contribution in [-0.2, 0) is 24.8 Å². The molecule has 0 aromatic heterocycles. The van der Waals surface area contributed by atoms with Crippen molar-refractivity contribution in [2.45, 2.75) is 11.0 Å². The fraction of sp³-hybridized carbons (Fsp3) is 0.136. The molecule has 0 saturated carbocycles. The molecule has 0 saturated heterocycles. The van der Waals surface area contributed by atoms with Crippen molar-refractivity contribution < 1.29 is 30.8 Å². The number of ether oxygens (including phenoxy) is 1. The summed E-state index contributed by atoms with van der Waals surface area (Å²) in [5.74, 6) is -0.944. The quantitative estimate of drug-likeness (QED) is 0.495. The van der Waals surface area contributed by atoms with E-state index in [1.54, 1.807) is 0 Å². The van der Waals surface area contributed by atoms with Crippen LogP contribution >= 0.6 is 11.6 Å². The molecule has 0 fully saturated rings. The molecule has 0 bridgehead atoms. The Bertz CT molecular complexity index is 1480. The third-order valence-electron chi connectivity index (χ3n) is 5.01. The second-order valence-electron chi connectivity index (χ2n) is 7.64. The molecule has 1 aliphatic heterocycles. The molecule has 1 aliphatic rings. The van der Waals surface area contributed by atoms with E-state index in [1.165, 1.54) is 54.6 Å². The zero-order valence-corrected chi connectivity index (χ0v) is 20.5. The van der Waals surface area contributed by atoms with Crippen LogP contribution in [0.1, 0.15) is 0 Å². The van der Waals surface area contributed by atoms with Gasteiger partial charge in [-0.3, -0.25) is 13.8 Å². The lowest BCUT2D eigenvalue weighted by atomic mass is 10.2. The number of hydrogen-bond donors (Lipinski definition) is 2. The number of carbonyl (C=O) groups excluding carboxylic acids is 1. The molecule has 13 heteroatoms. The van der Waals surface area contributed by atoms with Crippen LogP contribution in [0.3, 0.4) is 0 Å². The van der Waals surface area contributed by atoms with Crippen LogP contribution in [0.15, 0.2) is 71.6 Å². The highest BCUT2D eigenvalue weighted by Gasteiger charge is 2.35. The van der Waals surface area contributed by atoms with Crippen LogP contribution < -0.4 is 19.1 Å². The fourth-order valence-electron chi connectivity index (χ4n) is 3.35. The molecule has 184 valence electrons. The molecular formula is C22H19ClFN3O6S2. The molecule has 3 aromatic rings. The number of fused-ring (bicyclic) bond motifs is 1. The van der Waals surface area contributed by atoms with Crippen LogP contribution in [0.5, 0.6) is 5.75 Å². The summed E-state index contributed by atoms with van der Waals surface area (Å²) in [5.41, 5.74) is 0.689. The van der Waals surface area contributed by atoms with E-state index in [4.69, 9.17) is 16.3 Å². The predicted molar refractivity (Wildman–Crippen MR) is 130 cm³/mol. The first-order valence-electron chi connectivity index (χ1n) is 10.1. The molecule has 35 heavy (non-hydrogen) atoms. The van der Waals surface area contributed by atoms with Gasteiger partial charge in [0.1, 0.15) is 11.6 Å². The van der Waals surface area contributed by atoms with Gasteiger partial charge in [0.2, 0.25) is 10.0 Å². The summed E-state index contributed by atoms with van der Waals surface area (Å²) in [4.78, 5) is 12.7. The maximum atomic E-state index is 13.0. The van der Waals surface area contributed by atoms with Gasteiger partial charge in [0, 0.05) is 16.4 Å². The van der Waals surface area contributed by atoms with E-state index in [2.05, 4.69) is 10.0 Å². The number of rotatable bonds is 6. The zero-order valence-electron chi connectivity index (χ0n) is 18.1. The highest BCUT2D eigenvalue weighted by molar-refractivity contribution is 7.92. The fourth-order valence-corrected chi connectivity index (χ4v) is 5.48. The lowest BCUT2D eigenvalue weighted by Crippen LogP contribution is -2.48. The van der Waals surface area contributed by atoms with Crippen molar-refractivity contribution in [1.29, 1.82) is 0 Å². The Hall–Kier alpha value is -3.35. The van der Waals surface area contributed by atoms with Crippen LogP contribution in [0.2, 0.25) is 5.02 Å². The maximum absolute atomic E-state index is 13.0. The summed E-state index contributed by atoms with van der Waals surface area (Å²) in [5, 5.41) is 2.90. The van der Waals surface area contributed by atoms with Crippen molar-refractivity contribution in [3.63, 3.8) is 0 Å². The second-order valence-corrected chi connectivity index (χ2v) is 11.7. The molecule has 0 aliphatic carbocycles. The molecule has 1 atom stereocenters. The summed E-state index contributed by atoms with van der Waals surface area (Å²) in [6, 6.07) is 14.6. The largest absolute Gasteiger partial charge is 0.476 e. The molecule has 0 radical (unpaired) electrons. The van der Waals surface area contributed by atoms with Crippen molar-refractivity contribution >= 4 is 54.6 Å². The molecule has 3 aromatic carbocycles. The normalized spacial score (nSPS) is 15.6. The number of carbonyl (C=O) groups is 1. The summed E-state index contributed by atoms with van der Waals surface area (Å²) in [7, 11) is -7.67. The number of anilines is 3. The number of sulfonamides is 2. The number of nitrogens with one attached hydrogen (secondary N) is 2. The van der Waals surface area contributed by atoms with Crippen LogP contribution in [-0.4, -0.2) is 41.6 Å². The smallest absolute Gasteiger partial charge is 0.267 e. The topological polar surface area (TPSA) is 122 Å². The number of benzene rings is 3. The van der Waals surface area contributed by atoms with Crippen molar-refractivity contribution in [3.8, 4) is 5.75 Å². The Morgan fingerprint density at radius 2 is 1.63 bits per heavy atom. The molecule has 1 heterocycles. The van der Waals surface area contributed by atoms with Crippen molar-refractivity contribution in [1.82, 2.24) is 0 Å². The Labute approximate surface area is 206 Å². The van der Waals surface area contributed by atoms with Gasteiger partial charge in [0.25, 0.3) is 15.9 Å². The molecule has 9 nitrogen and oxygen atoms in total. The van der Waals surface area contributed by atoms with Crippen LogP contribution in [0, 0.1) is 5.82 Å². The summed E-state index contributed by atoms with van der Waals surface area (Å²) in [6.07, 6.45) is -0.154. The van der Waals surface area contributed by atoms with Crippen molar-refractivity contribution in [2.24, 2.45) is 0 Å². The minimum Gasteiger partial charge on any atom is -0.476 e. The van der Waals surface area contributed by atoms with Gasteiger partial charge in [0.15, 0.2) is 6.10 Å². The van der Waals surface area contributed by atoms with E-state index in [1.807, 2.05) is 0 Å². The zero-order chi connectivity index (χ0) is 25.4. The molecule has 0 spiro atoms. The van der Waals surface area contributed by atoms with Gasteiger partial charge in [-0.05, 0) is 66.7 Å². The average Bonchev–Trinajstić information content (AvgIpc) is 2.79. The molecule has 1 amide bonds. The van der Waals surface area contributed by atoms with Crippen molar-refractivity contribution in [3.05, 3.63) is 77.6 Å². The summed E-state index contributed by atoms with van der Waals surface area (Å²) >= 11 is 5.98. The highest BCUT2D eigenvalue weighted by atomic mass is 35.5. The van der Waals surface area contributed by atoms with Crippen LogP contribution in [0.25, 0.3) is 0 Å². The standard InChI is InChI=1S/C22H19ClFN3O6S2/c1-34(29,30)27-13-21(33-20-11-2-14(23)12-19(20)27)22(28)25-16-7-9-18(10-8-16)35(31,32)26-17-5-3-15(24)4-6-17/h2-12,21,26H,13H2,1H3,(H,25,28). The lowest BCUT2D eigenvalue weighted by Gasteiger charge is -2.34. The average molecular weight is 540 g/mol. The second kappa shape index (κ2) is 9.36. The van der Waals surface area contributed by atoms with Gasteiger partial charge < -0.3 is 10.1 Å². The summed E-state index contributed by atoms with van der Waals surface area (Å²) < 4.78 is 71.8. The van der Waals surface area contributed by atoms with E-state index >= 15 is 0 Å². The van der Waals surface area contributed by atoms with E-state index in [9.17, 15) is 26.0 Å². The Kier molecular flexibility index (Phi) is 6.62. The van der Waals surface area contributed by atoms with Gasteiger partial charge in [0.05, 0.1) is 23.4 Å². The Morgan fingerprint density at radius 3 is 2.26 bits per heavy atom. The molecule has 1 unspecified atom stereocenters. The summed E-state index contributed by atoms with van der Waals surface area (Å²) in [6.45, 7) is -0.272. The van der Waals surface area contributed by atoms with Gasteiger partial charge in [-0.15, -0.1) is 0 Å². The number of hydrogen-bond acceptors (Lipinski definition) is 6. The third kappa shape index (κ3) is 5.66. The molecule has 4 rings (SSSR count). The first kappa shape index (κ1) is 24.8. The van der Waals surface area contributed by atoms with Gasteiger partial charge in [-0.2, -0.15) is 0 Å². The van der Waals surface area contributed by atoms with E-state index in [0.29, 0.717) is 5.02 Å². The van der Waals surface area contributed by atoms with Crippen LogP contribution in [0.4, 0.5) is 21.5 Å². The predicted octanol–water partition coefficient (Wildman–Crippen LogP) is 3.45. The first-order chi connectivity index (χ1) is 16.4. The minimum absolute atomic E-state index is 0.0807. The Morgan fingerprint density at radius 1 is 1.00 bits per heavy atom. The SMILES string of the molecule is CS(=O)(=O)N1CC(C(=O)Nc2ccc(S(=O)(=O)Nc3ccc(F)cc3)cc2)Oc2ccc(Cl)cc21. The Balaban J connectivity index is 1.48. The van der Waals surface area contributed by atoms with E-state index < -0.39 is 37.9 Å². The molecular weight excluding hydrogens is 521 g/mol. The minimum atomic E-state index is -3.95.